The van der Waals surface area contributed by atoms with Crippen LogP contribution in [0.1, 0.15) is 11.1 Å². The van der Waals surface area contributed by atoms with E-state index in [0.717, 1.165) is 38.2 Å². The molecule has 2 aromatic carbocycles. The lowest BCUT2D eigenvalue weighted by atomic mass is 9.95. The summed E-state index contributed by atoms with van der Waals surface area (Å²) in [4.78, 5) is 32.7. The first-order valence-corrected chi connectivity index (χ1v) is 9.87. The van der Waals surface area contributed by atoms with E-state index >= 15 is 0 Å². The van der Waals surface area contributed by atoms with Crippen LogP contribution in [0.4, 0.5) is 5.69 Å². The zero-order valence-electron chi connectivity index (χ0n) is 17.4. The van der Waals surface area contributed by atoms with E-state index in [-0.39, 0.29) is 11.2 Å². The molecule has 0 N–H and O–H groups in total. The fourth-order valence-corrected chi connectivity index (χ4v) is 4.36. The third-order valence-corrected chi connectivity index (χ3v) is 6.00. The lowest BCUT2D eigenvalue weighted by Gasteiger charge is -2.17. The molecule has 0 atom stereocenters. The minimum atomic E-state index is -0.375. The molecule has 0 radical (unpaired) electrons. The number of fused-ring (bicyclic) bond motifs is 4. The molecule has 5 rings (SSSR count). The predicted octanol–water partition coefficient (Wildman–Crippen LogP) is 2.94. The summed E-state index contributed by atoms with van der Waals surface area (Å²) in [6.07, 6.45) is 0.713. The zero-order valence-corrected chi connectivity index (χ0v) is 17.4. The second kappa shape index (κ2) is 6.42. The van der Waals surface area contributed by atoms with Crippen LogP contribution < -0.4 is 16.1 Å². The number of nitrogens with zero attached hydrogens (tertiary/aromatic N) is 4. The zero-order chi connectivity index (χ0) is 21.2. The van der Waals surface area contributed by atoms with Gasteiger partial charge in [0, 0.05) is 51.4 Å². The fraction of sp³-hybridized carbons (Fsp3) is 0.208. The van der Waals surface area contributed by atoms with Gasteiger partial charge >= 0.3 is 5.69 Å². The van der Waals surface area contributed by atoms with Crippen molar-refractivity contribution in [3.8, 4) is 22.4 Å². The quantitative estimate of drug-likeness (QED) is 0.459. The van der Waals surface area contributed by atoms with Crippen LogP contribution >= 0.6 is 0 Å². The largest absolute Gasteiger partial charge is 0.378 e. The normalized spacial score (nSPS) is 12.1. The standard InChI is InChI=1S/C24H22N4O2/c1-26(2)16-11-9-14(10-12-16)19-18-13-15-7-5-6-8-17(15)21(18)25-22-20(19)23(29)28(4)24(30)27(22)3/h5-12H,13H2,1-4H3. The van der Waals surface area contributed by atoms with Crippen molar-refractivity contribution in [3.05, 3.63) is 80.5 Å². The van der Waals surface area contributed by atoms with Crippen molar-refractivity contribution in [1.82, 2.24) is 14.1 Å². The molecule has 150 valence electrons. The Bertz CT molecular complexity index is 1440. The molecular weight excluding hydrogens is 376 g/mol. The van der Waals surface area contributed by atoms with Gasteiger partial charge in [0.25, 0.3) is 5.56 Å². The lowest BCUT2D eigenvalue weighted by molar-refractivity contribution is 0.708. The molecule has 0 unspecified atom stereocenters. The molecular formula is C24H22N4O2. The lowest BCUT2D eigenvalue weighted by Crippen LogP contribution is -2.37. The molecule has 0 amide bonds. The molecule has 0 fully saturated rings. The monoisotopic (exact) mass is 398 g/mol. The Morgan fingerprint density at radius 1 is 0.933 bits per heavy atom. The number of aryl methyl sites for hydroxylation is 1. The summed E-state index contributed by atoms with van der Waals surface area (Å²) in [5, 5.41) is 0.490. The van der Waals surface area contributed by atoms with Gasteiger partial charge in [-0.3, -0.25) is 13.9 Å². The van der Waals surface area contributed by atoms with Gasteiger partial charge in [-0.05, 0) is 28.8 Å². The van der Waals surface area contributed by atoms with E-state index in [4.69, 9.17) is 4.98 Å². The second-order valence-electron chi connectivity index (χ2n) is 7.99. The maximum atomic E-state index is 13.2. The van der Waals surface area contributed by atoms with E-state index in [0.29, 0.717) is 17.5 Å². The first-order chi connectivity index (χ1) is 14.4. The molecule has 0 saturated heterocycles. The van der Waals surface area contributed by atoms with Crippen LogP contribution in [-0.4, -0.2) is 28.2 Å². The van der Waals surface area contributed by atoms with Crippen molar-refractivity contribution in [2.75, 3.05) is 19.0 Å². The number of anilines is 1. The van der Waals surface area contributed by atoms with E-state index < -0.39 is 0 Å². The SMILES string of the molecule is CN(C)c1ccc(-c2c3c(nc4c2c(=O)n(C)c(=O)n4C)-c2ccccc2C3)cc1. The maximum absolute atomic E-state index is 13.2. The van der Waals surface area contributed by atoms with E-state index in [1.165, 1.54) is 17.2 Å². The van der Waals surface area contributed by atoms with Crippen LogP contribution in [0.2, 0.25) is 0 Å². The van der Waals surface area contributed by atoms with Gasteiger partial charge in [-0.2, -0.15) is 0 Å². The van der Waals surface area contributed by atoms with Crippen LogP contribution in [0, 0.1) is 0 Å². The average molecular weight is 398 g/mol. The van der Waals surface area contributed by atoms with E-state index in [2.05, 4.69) is 12.1 Å². The highest BCUT2D eigenvalue weighted by Gasteiger charge is 2.28. The van der Waals surface area contributed by atoms with E-state index in [1.807, 2.05) is 55.4 Å². The van der Waals surface area contributed by atoms with Gasteiger partial charge in [0.05, 0.1) is 11.1 Å². The van der Waals surface area contributed by atoms with Gasteiger partial charge in [0.1, 0.15) is 0 Å². The van der Waals surface area contributed by atoms with Crippen LogP contribution in [0.15, 0.2) is 58.1 Å². The Morgan fingerprint density at radius 2 is 1.63 bits per heavy atom. The van der Waals surface area contributed by atoms with E-state index in [9.17, 15) is 9.59 Å². The minimum absolute atomic E-state index is 0.314. The number of benzene rings is 2. The Balaban J connectivity index is 1.95. The molecule has 6 heteroatoms. The molecule has 30 heavy (non-hydrogen) atoms. The predicted molar refractivity (Wildman–Crippen MR) is 120 cm³/mol. The molecule has 0 bridgehead atoms. The summed E-state index contributed by atoms with van der Waals surface area (Å²) in [6, 6.07) is 16.3. The highest BCUT2D eigenvalue weighted by molar-refractivity contribution is 5.99. The number of rotatable bonds is 2. The molecule has 6 nitrogen and oxygen atoms in total. The Kier molecular flexibility index (Phi) is 3.93. The molecule has 0 aliphatic heterocycles. The molecule has 0 saturated carbocycles. The smallest absolute Gasteiger partial charge is 0.332 e. The molecule has 4 aromatic rings. The third-order valence-electron chi connectivity index (χ3n) is 6.00. The van der Waals surface area contributed by atoms with Gasteiger partial charge in [-0.15, -0.1) is 0 Å². The summed E-state index contributed by atoms with van der Waals surface area (Å²) in [6.45, 7) is 0. The highest BCUT2D eigenvalue weighted by atomic mass is 16.2. The average Bonchev–Trinajstić information content (AvgIpc) is 3.13. The number of aromatic nitrogens is 3. The van der Waals surface area contributed by atoms with Crippen LogP contribution in [0.5, 0.6) is 0 Å². The maximum Gasteiger partial charge on any atom is 0.332 e. The number of hydrogen-bond acceptors (Lipinski definition) is 4. The molecule has 1 aliphatic rings. The van der Waals surface area contributed by atoms with Crippen molar-refractivity contribution in [1.29, 1.82) is 0 Å². The molecule has 1 aliphatic carbocycles. The van der Waals surface area contributed by atoms with Gasteiger partial charge in [-0.25, -0.2) is 9.78 Å². The summed E-state index contributed by atoms with van der Waals surface area (Å²) in [7, 11) is 7.18. The van der Waals surface area contributed by atoms with Crippen LogP contribution in [0.3, 0.4) is 0 Å². The Morgan fingerprint density at radius 3 is 2.33 bits per heavy atom. The van der Waals surface area contributed by atoms with Gasteiger partial charge < -0.3 is 4.90 Å². The summed E-state index contributed by atoms with van der Waals surface area (Å²) < 4.78 is 2.63. The number of hydrogen-bond donors (Lipinski definition) is 0. The second-order valence-corrected chi connectivity index (χ2v) is 7.99. The minimum Gasteiger partial charge on any atom is -0.378 e. The van der Waals surface area contributed by atoms with Crippen LogP contribution in [0.25, 0.3) is 33.4 Å². The van der Waals surface area contributed by atoms with Crippen molar-refractivity contribution in [2.24, 2.45) is 14.1 Å². The molecule has 2 aromatic heterocycles. The van der Waals surface area contributed by atoms with Gasteiger partial charge in [0.15, 0.2) is 5.65 Å². The van der Waals surface area contributed by atoms with Crippen molar-refractivity contribution >= 4 is 16.7 Å². The van der Waals surface area contributed by atoms with Gasteiger partial charge in [-0.1, -0.05) is 36.4 Å². The first kappa shape index (κ1) is 18.4. The first-order valence-electron chi connectivity index (χ1n) is 9.87. The summed E-state index contributed by atoms with van der Waals surface area (Å²) in [5.74, 6) is 0. The Hall–Kier alpha value is -3.67. The summed E-state index contributed by atoms with van der Waals surface area (Å²) in [5.41, 5.74) is 6.77. The molecule has 2 heterocycles. The highest BCUT2D eigenvalue weighted by Crippen LogP contribution is 2.42. The number of pyridine rings is 1. The third kappa shape index (κ3) is 2.46. The van der Waals surface area contributed by atoms with Crippen molar-refractivity contribution in [2.45, 2.75) is 6.42 Å². The van der Waals surface area contributed by atoms with Gasteiger partial charge in [0.2, 0.25) is 0 Å². The van der Waals surface area contributed by atoms with E-state index in [1.54, 1.807) is 7.05 Å². The summed E-state index contributed by atoms with van der Waals surface area (Å²) >= 11 is 0. The topological polar surface area (TPSA) is 60.1 Å². The fourth-order valence-electron chi connectivity index (χ4n) is 4.36. The Labute approximate surface area is 173 Å². The van der Waals surface area contributed by atoms with Crippen molar-refractivity contribution in [3.63, 3.8) is 0 Å². The van der Waals surface area contributed by atoms with Crippen molar-refractivity contribution < 1.29 is 0 Å². The molecule has 0 spiro atoms. The van der Waals surface area contributed by atoms with Crippen LogP contribution in [-0.2, 0) is 20.5 Å².